The fourth-order valence-corrected chi connectivity index (χ4v) is 7.24. The van der Waals surface area contributed by atoms with Gasteiger partial charge in [0.05, 0.1) is 11.2 Å². The van der Waals surface area contributed by atoms with Crippen molar-refractivity contribution in [1.29, 1.82) is 0 Å². The number of hydrogen-bond acceptors (Lipinski definition) is 3. The zero-order valence-electron chi connectivity index (χ0n) is 15.8. The van der Waals surface area contributed by atoms with E-state index in [9.17, 15) is 13.2 Å². The van der Waals surface area contributed by atoms with Gasteiger partial charge in [0.2, 0.25) is 10.0 Å². The van der Waals surface area contributed by atoms with E-state index >= 15 is 0 Å². The van der Waals surface area contributed by atoms with Crippen molar-refractivity contribution in [2.45, 2.75) is 52.9 Å². The molecule has 2 aliphatic carbocycles. The van der Waals surface area contributed by atoms with Gasteiger partial charge in [-0.25, -0.2) is 8.42 Å². The zero-order chi connectivity index (χ0) is 18.5. The van der Waals surface area contributed by atoms with Gasteiger partial charge < -0.3 is 4.57 Å². The van der Waals surface area contributed by atoms with Crippen LogP contribution in [0, 0.1) is 16.7 Å². The molecule has 1 aromatic heterocycles. The molecule has 25 heavy (non-hydrogen) atoms. The van der Waals surface area contributed by atoms with Crippen LogP contribution in [0.15, 0.2) is 18.3 Å². The molecule has 0 saturated heterocycles. The minimum atomic E-state index is -3.58. The lowest BCUT2D eigenvalue weighted by Gasteiger charge is -2.38. The highest BCUT2D eigenvalue weighted by atomic mass is 32.2. The lowest BCUT2D eigenvalue weighted by atomic mass is 9.70. The summed E-state index contributed by atoms with van der Waals surface area (Å²) in [6.45, 7) is 6.69. The molecule has 1 heterocycles. The van der Waals surface area contributed by atoms with Crippen LogP contribution in [0.1, 0.15) is 52.9 Å². The lowest BCUT2D eigenvalue weighted by Crippen LogP contribution is -2.47. The van der Waals surface area contributed by atoms with E-state index in [1.165, 1.54) is 4.31 Å². The minimum Gasteiger partial charge on any atom is -0.337 e. The van der Waals surface area contributed by atoms with E-state index < -0.39 is 15.4 Å². The van der Waals surface area contributed by atoms with Crippen molar-refractivity contribution in [3.05, 3.63) is 18.3 Å². The number of nitrogens with zero attached hydrogens (tertiary/aromatic N) is 2. The largest absolute Gasteiger partial charge is 0.337 e. The third-order valence-corrected chi connectivity index (χ3v) is 8.69. The average Bonchev–Trinajstić information content (AvgIpc) is 3.09. The molecule has 0 aromatic carbocycles. The van der Waals surface area contributed by atoms with E-state index in [0.29, 0.717) is 31.1 Å². The van der Waals surface area contributed by atoms with Crippen molar-refractivity contribution < 1.29 is 13.2 Å². The van der Waals surface area contributed by atoms with Gasteiger partial charge in [0.25, 0.3) is 0 Å². The van der Waals surface area contributed by atoms with E-state index in [-0.39, 0.29) is 17.0 Å². The summed E-state index contributed by atoms with van der Waals surface area (Å²) in [5.41, 5.74) is -0.950. The van der Waals surface area contributed by atoms with Crippen molar-refractivity contribution in [1.82, 2.24) is 4.57 Å². The van der Waals surface area contributed by atoms with Crippen molar-refractivity contribution in [2.24, 2.45) is 23.8 Å². The van der Waals surface area contributed by atoms with Gasteiger partial charge in [-0.15, -0.1) is 0 Å². The first kappa shape index (κ1) is 18.5. The summed E-state index contributed by atoms with van der Waals surface area (Å²) in [6, 6.07) is 3.70. The van der Waals surface area contributed by atoms with Crippen LogP contribution in [0.4, 0.5) is 5.82 Å². The molecule has 3 rings (SSSR count). The number of aromatic nitrogens is 1. The molecule has 0 N–H and O–H groups in total. The molecule has 6 heteroatoms. The van der Waals surface area contributed by atoms with Gasteiger partial charge in [-0.3, -0.25) is 9.10 Å². The number of hydrogen-bond donors (Lipinski definition) is 0. The first-order chi connectivity index (χ1) is 11.7. The Morgan fingerprint density at radius 3 is 2.56 bits per heavy atom. The fourth-order valence-electron chi connectivity index (χ4n) is 4.91. The van der Waals surface area contributed by atoms with Crippen LogP contribution in [-0.2, 0) is 21.9 Å². The number of unbranched alkanes of at least 4 members (excludes halogenated alkanes) is 1. The van der Waals surface area contributed by atoms with Crippen LogP contribution in [0.2, 0.25) is 0 Å². The Morgan fingerprint density at radius 2 is 2.08 bits per heavy atom. The summed E-state index contributed by atoms with van der Waals surface area (Å²) in [5.74, 6) is 1.11. The van der Waals surface area contributed by atoms with E-state index in [1.807, 2.05) is 29.9 Å². The van der Waals surface area contributed by atoms with Gasteiger partial charge >= 0.3 is 0 Å². The molecular formula is C19H30N2O3S. The molecule has 0 radical (unpaired) electrons. The second kappa shape index (κ2) is 6.15. The Bertz CT molecular complexity index is 765. The lowest BCUT2D eigenvalue weighted by molar-refractivity contribution is -0.128. The molecule has 1 aromatic rings. The number of rotatable bonds is 7. The van der Waals surface area contributed by atoms with Gasteiger partial charge in [0.15, 0.2) is 0 Å². The molecule has 0 spiro atoms. The Morgan fingerprint density at radius 1 is 1.36 bits per heavy atom. The maximum Gasteiger partial charge on any atom is 0.237 e. The van der Waals surface area contributed by atoms with Crippen LogP contribution in [0.3, 0.4) is 0 Å². The number of aryl methyl sites for hydroxylation is 1. The first-order valence-corrected chi connectivity index (χ1v) is 10.9. The highest BCUT2D eigenvalue weighted by Gasteiger charge is 2.65. The van der Waals surface area contributed by atoms with Crippen molar-refractivity contribution in [2.75, 3.05) is 16.6 Å². The van der Waals surface area contributed by atoms with E-state index in [4.69, 9.17) is 0 Å². The normalized spacial score (nSPS) is 27.8. The molecule has 2 fully saturated rings. The highest BCUT2D eigenvalue weighted by Crippen LogP contribution is 2.64. The maximum atomic E-state index is 13.4. The Hall–Kier alpha value is -1.30. The third-order valence-electron chi connectivity index (χ3n) is 6.79. The second-order valence-corrected chi connectivity index (χ2v) is 10.2. The van der Waals surface area contributed by atoms with Crippen LogP contribution in [0.25, 0.3) is 0 Å². The summed E-state index contributed by atoms with van der Waals surface area (Å²) in [4.78, 5) is 12.8. The molecule has 2 atom stereocenters. The number of sulfonamides is 1. The molecule has 2 bridgehead atoms. The standard InChI is InChI=1S/C19H30N2O3S/c1-5-6-12-21(17-8-7-11-20(17)4)25(23,24)14-19-10-9-15(13-16(19)22)18(19,2)3/h7-8,11,15H,5-6,9-10,12-14H2,1-4H3. The monoisotopic (exact) mass is 366 g/mol. The second-order valence-electron chi connectivity index (χ2n) is 8.33. The van der Waals surface area contributed by atoms with Gasteiger partial charge in [0.1, 0.15) is 11.6 Å². The smallest absolute Gasteiger partial charge is 0.237 e. The Balaban J connectivity index is 1.96. The highest BCUT2D eigenvalue weighted by molar-refractivity contribution is 7.92. The van der Waals surface area contributed by atoms with Gasteiger partial charge in [-0.1, -0.05) is 27.2 Å². The summed E-state index contributed by atoms with van der Waals surface area (Å²) < 4.78 is 30.2. The maximum absolute atomic E-state index is 13.4. The van der Waals surface area contributed by atoms with Gasteiger partial charge in [-0.2, -0.15) is 0 Å². The molecule has 140 valence electrons. The molecule has 2 saturated carbocycles. The number of carbonyl (C=O) groups is 1. The third kappa shape index (κ3) is 2.73. The van der Waals surface area contributed by atoms with E-state index in [0.717, 1.165) is 19.3 Å². The van der Waals surface area contributed by atoms with Crippen molar-refractivity contribution in [3.8, 4) is 0 Å². The molecule has 2 aliphatic rings. The average molecular weight is 367 g/mol. The van der Waals surface area contributed by atoms with E-state index in [1.54, 1.807) is 0 Å². The van der Waals surface area contributed by atoms with Crippen LogP contribution >= 0.6 is 0 Å². The first-order valence-electron chi connectivity index (χ1n) is 9.31. The predicted molar refractivity (Wildman–Crippen MR) is 100 cm³/mol. The molecule has 0 aliphatic heterocycles. The molecular weight excluding hydrogens is 336 g/mol. The Labute approximate surface area is 151 Å². The molecule has 5 nitrogen and oxygen atoms in total. The summed E-state index contributed by atoms with van der Waals surface area (Å²) in [5, 5.41) is 0. The fraction of sp³-hybridized carbons (Fsp3) is 0.737. The van der Waals surface area contributed by atoms with Crippen molar-refractivity contribution >= 4 is 21.6 Å². The number of anilines is 1. The molecule has 0 amide bonds. The van der Waals surface area contributed by atoms with Crippen LogP contribution in [-0.4, -0.2) is 31.1 Å². The van der Waals surface area contributed by atoms with Crippen molar-refractivity contribution in [3.63, 3.8) is 0 Å². The SMILES string of the molecule is CCCCN(c1cccn1C)S(=O)(=O)CC12CCC(CC1=O)C2(C)C. The number of carbonyl (C=O) groups excluding carboxylic acids is 1. The predicted octanol–water partition coefficient (Wildman–Crippen LogP) is 3.36. The summed E-state index contributed by atoms with van der Waals surface area (Å²) >= 11 is 0. The van der Waals surface area contributed by atoms with Gasteiger partial charge in [0, 0.05) is 26.2 Å². The zero-order valence-corrected chi connectivity index (χ0v) is 16.6. The number of fused-ring (bicyclic) bond motifs is 2. The molecule has 2 unspecified atom stereocenters. The Kier molecular flexibility index (Phi) is 4.55. The number of ketones is 1. The van der Waals surface area contributed by atoms with Crippen LogP contribution in [0.5, 0.6) is 0 Å². The number of Topliss-reactive ketones (excluding diaryl/α,β-unsaturated/α-hetero) is 1. The summed E-state index contributed by atoms with van der Waals surface area (Å²) in [6.07, 6.45) is 5.80. The minimum absolute atomic E-state index is 0.0583. The quantitative estimate of drug-likeness (QED) is 0.743. The van der Waals surface area contributed by atoms with Gasteiger partial charge in [-0.05, 0) is 42.7 Å². The topological polar surface area (TPSA) is 59.4 Å². The van der Waals surface area contributed by atoms with Crippen LogP contribution < -0.4 is 4.31 Å². The summed E-state index contributed by atoms with van der Waals surface area (Å²) in [7, 11) is -1.72. The van der Waals surface area contributed by atoms with E-state index in [2.05, 4.69) is 20.8 Å².